The monoisotopic (exact) mass is 362 g/mol. The van der Waals surface area contributed by atoms with Crippen LogP contribution >= 0.6 is 11.6 Å². The van der Waals surface area contributed by atoms with Gasteiger partial charge in [0.25, 0.3) is 0 Å². The average Bonchev–Trinajstić information content (AvgIpc) is 2.57. The van der Waals surface area contributed by atoms with Gasteiger partial charge in [0.2, 0.25) is 11.8 Å². The van der Waals surface area contributed by atoms with E-state index in [0.29, 0.717) is 31.0 Å². The summed E-state index contributed by atoms with van der Waals surface area (Å²) in [6.07, 6.45) is 1.03. The summed E-state index contributed by atoms with van der Waals surface area (Å²) in [6, 6.07) is 13.5. The molecule has 0 bridgehead atoms. The van der Waals surface area contributed by atoms with Gasteiger partial charge in [0, 0.05) is 18.1 Å². The number of hydrogen-bond acceptors (Lipinski definition) is 2. The lowest BCUT2D eigenvalue weighted by molar-refractivity contribution is -0.129. The Hall–Kier alpha value is -2.40. The van der Waals surface area contributed by atoms with Crippen LogP contribution in [0.3, 0.4) is 0 Å². The predicted octanol–water partition coefficient (Wildman–Crippen LogP) is 2.89. The second-order valence-corrected chi connectivity index (χ2v) is 6.07. The fourth-order valence-corrected chi connectivity index (χ4v) is 2.52. The van der Waals surface area contributed by atoms with Crippen LogP contribution in [0.2, 0.25) is 5.02 Å². The van der Waals surface area contributed by atoms with Crippen LogP contribution in [0.1, 0.15) is 17.5 Å². The molecule has 2 N–H and O–H groups in total. The number of rotatable bonds is 8. The lowest BCUT2D eigenvalue weighted by atomic mass is 10.1. The highest BCUT2D eigenvalue weighted by Gasteiger charge is 2.08. The Morgan fingerprint density at radius 1 is 0.880 bits per heavy atom. The Labute approximate surface area is 151 Å². The minimum Gasteiger partial charge on any atom is -0.355 e. The van der Waals surface area contributed by atoms with Gasteiger partial charge in [-0.05, 0) is 48.2 Å². The molecule has 2 amide bonds. The summed E-state index contributed by atoms with van der Waals surface area (Å²) in [5, 5.41) is 6.05. The maximum absolute atomic E-state index is 12.8. The summed E-state index contributed by atoms with van der Waals surface area (Å²) in [5.74, 6) is -0.939. The molecule has 0 aromatic heterocycles. The molecule has 0 unspecified atom stereocenters. The van der Waals surface area contributed by atoms with Crippen molar-refractivity contribution in [3.8, 4) is 0 Å². The maximum Gasteiger partial charge on any atom is 0.229 e. The second kappa shape index (κ2) is 9.79. The first-order chi connectivity index (χ1) is 12.0. The molecule has 0 aliphatic rings. The van der Waals surface area contributed by atoms with Gasteiger partial charge in [-0.25, -0.2) is 4.39 Å². The molecule has 25 heavy (non-hydrogen) atoms. The fourth-order valence-electron chi connectivity index (χ4n) is 2.31. The summed E-state index contributed by atoms with van der Waals surface area (Å²) in [7, 11) is 0. The van der Waals surface area contributed by atoms with Gasteiger partial charge in [0.1, 0.15) is 12.2 Å². The first-order valence-corrected chi connectivity index (χ1v) is 8.43. The molecule has 2 aromatic carbocycles. The molecule has 2 aromatic rings. The van der Waals surface area contributed by atoms with Gasteiger partial charge in [-0.15, -0.1) is 0 Å². The third kappa shape index (κ3) is 7.35. The second-order valence-electron chi connectivity index (χ2n) is 5.63. The van der Waals surface area contributed by atoms with Crippen LogP contribution in [0, 0.1) is 5.82 Å². The Morgan fingerprint density at radius 2 is 1.48 bits per heavy atom. The number of hydrogen-bond donors (Lipinski definition) is 2. The van der Waals surface area contributed by atoms with Gasteiger partial charge in [0.15, 0.2) is 0 Å². The van der Waals surface area contributed by atoms with Crippen molar-refractivity contribution in [2.24, 2.45) is 0 Å². The number of benzene rings is 2. The molecule has 0 aliphatic carbocycles. The number of nitrogens with one attached hydrogen (secondary N) is 2. The molecule has 0 fully saturated rings. The number of carbonyl (C=O) groups is 2. The van der Waals surface area contributed by atoms with Crippen molar-refractivity contribution in [3.63, 3.8) is 0 Å². The summed E-state index contributed by atoms with van der Waals surface area (Å²) in [4.78, 5) is 23.5. The molecular formula is C19H20ClFN2O2. The molecular weight excluding hydrogens is 343 g/mol. The van der Waals surface area contributed by atoms with Crippen LogP contribution in [-0.2, 0) is 22.4 Å². The third-order valence-electron chi connectivity index (χ3n) is 3.60. The maximum atomic E-state index is 12.8. The fraction of sp³-hybridized carbons (Fsp3) is 0.263. The van der Waals surface area contributed by atoms with Crippen molar-refractivity contribution < 1.29 is 14.0 Å². The highest BCUT2D eigenvalue weighted by molar-refractivity contribution is 6.30. The normalized spacial score (nSPS) is 10.3. The van der Waals surface area contributed by atoms with Crippen LogP contribution in [0.4, 0.5) is 4.39 Å². The van der Waals surface area contributed by atoms with E-state index in [-0.39, 0.29) is 24.1 Å². The van der Waals surface area contributed by atoms with Crippen molar-refractivity contribution in [1.82, 2.24) is 10.6 Å². The Balaban J connectivity index is 1.61. The van der Waals surface area contributed by atoms with Crippen LogP contribution in [0.5, 0.6) is 0 Å². The minimum absolute atomic E-state index is 0.209. The van der Waals surface area contributed by atoms with Gasteiger partial charge < -0.3 is 10.6 Å². The van der Waals surface area contributed by atoms with E-state index in [1.807, 2.05) is 18.2 Å². The van der Waals surface area contributed by atoms with E-state index in [0.717, 1.165) is 11.1 Å². The summed E-state index contributed by atoms with van der Waals surface area (Å²) in [5.41, 5.74) is 1.95. The van der Waals surface area contributed by atoms with Crippen LogP contribution < -0.4 is 10.6 Å². The minimum atomic E-state index is -0.331. The Kier molecular flexibility index (Phi) is 7.41. The highest BCUT2D eigenvalue weighted by Crippen LogP contribution is 2.10. The average molecular weight is 363 g/mol. The van der Waals surface area contributed by atoms with Gasteiger partial charge in [-0.2, -0.15) is 0 Å². The molecule has 4 nitrogen and oxygen atoms in total. The smallest absolute Gasteiger partial charge is 0.229 e. The van der Waals surface area contributed by atoms with E-state index in [9.17, 15) is 14.0 Å². The van der Waals surface area contributed by atoms with E-state index in [2.05, 4.69) is 10.6 Å². The number of carbonyl (C=O) groups excluding carboxylic acids is 2. The zero-order valence-electron chi connectivity index (χ0n) is 13.7. The van der Waals surface area contributed by atoms with Crippen molar-refractivity contribution in [3.05, 3.63) is 70.5 Å². The van der Waals surface area contributed by atoms with Crippen LogP contribution in [-0.4, -0.2) is 24.9 Å². The molecule has 6 heteroatoms. The van der Waals surface area contributed by atoms with E-state index in [1.165, 1.54) is 12.1 Å². The van der Waals surface area contributed by atoms with Crippen molar-refractivity contribution in [2.75, 3.05) is 13.1 Å². The topological polar surface area (TPSA) is 58.2 Å². The van der Waals surface area contributed by atoms with E-state index in [4.69, 9.17) is 11.6 Å². The lowest BCUT2D eigenvalue weighted by Crippen LogP contribution is -2.33. The van der Waals surface area contributed by atoms with E-state index < -0.39 is 0 Å². The third-order valence-corrected chi connectivity index (χ3v) is 3.83. The standard InChI is InChI=1S/C19H20ClFN2O2/c20-16-3-1-2-15(12-16)9-11-23-19(25)13-18(24)22-10-8-14-4-6-17(21)7-5-14/h1-7,12H,8-11,13H2,(H,22,24)(H,23,25). The molecule has 0 aliphatic heterocycles. The zero-order valence-corrected chi connectivity index (χ0v) is 14.5. The van der Waals surface area contributed by atoms with Gasteiger partial charge in [0.05, 0.1) is 0 Å². The summed E-state index contributed by atoms with van der Waals surface area (Å²) >= 11 is 5.90. The first kappa shape index (κ1) is 18.9. The number of halogens is 2. The molecule has 0 heterocycles. The highest BCUT2D eigenvalue weighted by atomic mass is 35.5. The van der Waals surface area contributed by atoms with Crippen molar-refractivity contribution in [2.45, 2.75) is 19.3 Å². The van der Waals surface area contributed by atoms with Crippen molar-refractivity contribution >= 4 is 23.4 Å². The molecule has 0 radical (unpaired) electrons. The molecule has 132 valence electrons. The van der Waals surface area contributed by atoms with Crippen molar-refractivity contribution in [1.29, 1.82) is 0 Å². The van der Waals surface area contributed by atoms with Gasteiger partial charge in [-0.3, -0.25) is 9.59 Å². The molecule has 2 rings (SSSR count). The molecule has 0 spiro atoms. The largest absolute Gasteiger partial charge is 0.355 e. The van der Waals surface area contributed by atoms with Crippen LogP contribution in [0.15, 0.2) is 48.5 Å². The first-order valence-electron chi connectivity index (χ1n) is 8.05. The molecule has 0 saturated carbocycles. The zero-order chi connectivity index (χ0) is 18.1. The van der Waals surface area contributed by atoms with Gasteiger partial charge in [-0.1, -0.05) is 35.9 Å². The Morgan fingerprint density at radius 3 is 2.08 bits per heavy atom. The van der Waals surface area contributed by atoms with Crippen LogP contribution in [0.25, 0.3) is 0 Å². The summed E-state index contributed by atoms with van der Waals surface area (Å²) in [6.45, 7) is 0.849. The predicted molar refractivity (Wildman–Crippen MR) is 95.9 cm³/mol. The molecule has 0 atom stereocenters. The quantitative estimate of drug-likeness (QED) is 0.709. The lowest BCUT2D eigenvalue weighted by Gasteiger charge is -2.07. The van der Waals surface area contributed by atoms with E-state index >= 15 is 0 Å². The van der Waals surface area contributed by atoms with E-state index in [1.54, 1.807) is 18.2 Å². The van der Waals surface area contributed by atoms with Gasteiger partial charge >= 0.3 is 0 Å². The summed E-state index contributed by atoms with van der Waals surface area (Å²) < 4.78 is 12.8. The SMILES string of the molecule is O=C(CC(=O)NCCc1cccc(Cl)c1)NCCc1ccc(F)cc1. The number of amides is 2. The Bertz CT molecular complexity index is 720. The molecule has 0 saturated heterocycles.